The van der Waals surface area contributed by atoms with Crippen molar-refractivity contribution >= 4 is 5.97 Å². The van der Waals surface area contributed by atoms with Crippen molar-refractivity contribution < 1.29 is 19.8 Å². The number of rotatable bonds is 9. The number of aromatic nitrogens is 1. The molecule has 134 valence electrons. The molecule has 1 aromatic heterocycles. The number of hydrogen-bond donors (Lipinski definition) is 2. The van der Waals surface area contributed by atoms with Crippen LogP contribution in [0.1, 0.15) is 25.3 Å². The average Bonchev–Trinajstić information content (AvgIpc) is 2.57. The Bertz CT molecular complexity index is 738. The number of carboxylic acids is 1. The Balaban J connectivity index is 1.74. The van der Waals surface area contributed by atoms with E-state index >= 15 is 0 Å². The molecule has 1 unspecified atom stereocenters. The quantitative estimate of drug-likeness (QED) is 0.541. The second-order valence-electron chi connectivity index (χ2n) is 6.04. The van der Waals surface area contributed by atoms with Gasteiger partial charge >= 0.3 is 5.97 Å². The van der Waals surface area contributed by atoms with Gasteiger partial charge < -0.3 is 15.1 Å². The number of aliphatic carboxylic acids is 1. The fourth-order valence-corrected chi connectivity index (χ4v) is 2.49. The van der Waals surface area contributed by atoms with Crippen LogP contribution in [0.25, 0.3) is 0 Å². The molecular weight excluding hydrogens is 320 g/mol. The molecule has 2 aromatic rings. The summed E-state index contributed by atoms with van der Waals surface area (Å²) in [6.07, 6.45) is 3.20. The molecule has 0 aliphatic carbocycles. The minimum Gasteiger partial charge on any atom is -0.494 e. The molecule has 0 bridgehead atoms. The number of carboxylic acid groups (broad SMARTS) is 1. The summed E-state index contributed by atoms with van der Waals surface area (Å²) in [4.78, 5) is 15.0. The summed E-state index contributed by atoms with van der Waals surface area (Å²) in [5.41, 5.74) is 1.62. The summed E-state index contributed by atoms with van der Waals surface area (Å²) in [6.45, 7) is 3.04. The third-order valence-corrected chi connectivity index (χ3v) is 3.69. The maximum Gasteiger partial charge on any atom is 0.303 e. The lowest BCUT2D eigenvalue weighted by Gasteiger charge is -2.10. The van der Waals surface area contributed by atoms with E-state index in [0.717, 1.165) is 28.9 Å². The van der Waals surface area contributed by atoms with E-state index in [-0.39, 0.29) is 12.3 Å². The molecule has 0 amide bonds. The molecule has 0 aliphatic rings. The Labute approximate surface area is 147 Å². The first kappa shape index (κ1) is 18.6. The minimum atomic E-state index is -0.764. The summed E-state index contributed by atoms with van der Waals surface area (Å²) < 4.78 is 6.67. The lowest BCUT2D eigenvalue weighted by Crippen LogP contribution is -2.17. The van der Waals surface area contributed by atoms with Crippen molar-refractivity contribution in [2.75, 3.05) is 13.2 Å². The van der Waals surface area contributed by atoms with Crippen molar-refractivity contribution in [2.45, 2.75) is 26.2 Å². The highest BCUT2D eigenvalue weighted by atomic mass is 16.5. The topological polar surface area (TPSA) is 84.0 Å². The van der Waals surface area contributed by atoms with E-state index in [1.165, 1.54) is 6.20 Å². The van der Waals surface area contributed by atoms with Gasteiger partial charge in [-0.15, -0.1) is 0 Å². The van der Waals surface area contributed by atoms with Crippen LogP contribution >= 0.6 is 0 Å². The lowest BCUT2D eigenvalue weighted by atomic mass is 9.98. The molecule has 1 atom stereocenters. The normalized spacial score (nSPS) is 12.8. The van der Waals surface area contributed by atoms with E-state index in [9.17, 15) is 10.0 Å². The average molecular weight is 344 g/mol. The van der Waals surface area contributed by atoms with E-state index in [2.05, 4.69) is 4.99 Å². The molecule has 1 aromatic carbocycles. The molecule has 0 fully saturated rings. The molecule has 2 rings (SSSR count). The predicted molar refractivity (Wildman–Crippen MR) is 93.7 cm³/mol. The first-order valence-corrected chi connectivity index (χ1v) is 8.35. The molecule has 6 nitrogen and oxygen atoms in total. The van der Waals surface area contributed by atoms with E-state index < -0.39 is 5.97 Å². The van der Waals surface area contributed by atoms with Gasteiger partial charge in [0.15, 0.2) is 5.49 Å². The zero-order chi connectivity index (χ0) is 18.1. The number of benzene rings is 1. The monoisotopic (exact) mass is 344 g/mol. The standard InChI is InChI=1S/C19H24N2O4/c1-15(14-19(22)23)13-16-6-8-17(9-7-16)25-12-4-10-20-18-5-2-3-11-21(18)24/h2-3,5-9,11,15,24H,4,10,12-14H2,1H3,(H,22,23). The maximum absolute atomic E-state index is 10.7. The SMILES string of the molecule is CC(CC(=O)O)Cc1ccc(OCCCN=c2ccccn2O)cc1. The molecule has 0 saturated carbocycles. The molecule has 25 heavy (non-hydrogen) atoms. The van der Waals surface area contributed by atoms with Gasteiger partial charge in [-0.2, -0.15) is 4.73 Å². The van der Waals surface area contributed by atoms with Crippen molar-refractivity contribution in [3.05, 3.63) is 59.7 Å². The maximum atomic E-state index is 10.7. The predicted octanol–water partition coefficient (Wildman–Crippen LogP) is 2.75. The van der Waals surface area contributed by atoms with Crippen LogP contribution in [0, 0.1) is 5.92 Å². The number of carbonyl (C=O) groups is 1. The fourth-order valence-electron chi connectivity index (χ4n) is 2.49. The summed E-state index contributed by atoms with van der Waals surface area (Å²) in [5.74, 6) is 0.129. The molecule has 2 N–H and O–H groups in total. The van der Waals surface area contributed by atoms with Crippen molar-refractivity contribution in [3.63, 3.8) is 0 Å². The summed E-state index contributed by atoms with van der Waals surface area (Å²) in [7, 11) is 0. The number of nitrogens with zero attached hydrogens (tertiary/aromatic N) is 2. The van der Waals surface area contributed by atoms with E-state index in [1.54, 1.807) is 12.1 Å². The van der Waals surface area contributed by atoms with Crippen LogP contribution < -0.4 is 10.2 Å². The zero-order valence-electron chi connectivity index (χ0n) is 14.3. The van der Waals surface area contributed by atoms with Gasteiger partial charge in [-0.05, 0) is 42.2 Å². The van der Waals surface area contributed by atoms with Crippen molar-refractivity contribution in [1.29, 1.82) is 0 Å². The summed E-state index contributed by atoms with van der Waals surface area (Å²) in [6, 6.07) is 13.0. The Morgan fingerprint density at radius 1 is 1.24 bits per heavy atom. The lowest BCUT2D eigenvalue weighted by molar-refractivity contribution is -0.137. The third kappa shape index (κ3) is 6.71. The van der Waals surface area contributed by atoms with Crippen LogP contribution in [0.3, 0.4) is 0 Å². The Morgan fingerprint density at radius 3 is 2.68 bits per heavy atom. The van der Waals surface area contributed by atoms with Crippen molar-refractivity contribution in [3.8, 4) is 5.75 Å². The fraction of sp³-hybridized carbons (Fsp3) is 0.368. The van der Waals surface area contributed by atoms with Crippen molar-refractivity contribution in [1.82, 2.24) is 4.73 Å². The highest BCUT2D eigenvalue weighted by molar-refractivity contribution is 5.67. The van der Waals surface area contributed by atoms with Crippen molar-refractivity contribution in [2.24, 2.45) is 10.9 Å². The van der Waals surface area contributed by atoms with Crippen LogP contribution in [0.2, 0.25) is 0 Å². The smallest absolute Gasteiger partial charge is 0.303 e. The van der Waals surface area contributed by atoms with Gasteiger partial charge in [0, 0.05) is 25.6 Å². The van der Waals surface area contributed by atoms with Gasteiger partial charge in [0.25, 0.3) is 0 Å². The summed E-state index contributed by atoms with van der Waals surface area (Å²) in [5, 5.41) is 18.3. The van der Waals surface area contributed by atoms with E-state index in [4.69, 9.17) is 9.84 Å². The van der Waals surface area contributed by atoms with Crippen LogP contribution in [0.4, 0.5) is 0 Å². The second-order valence-corrected chi connectivity index (χ2v) is 6.04. The Morgan fingerprint density at radius 2 is 2.00 bits per heavy atom. The Hall–Kier alpha value is -2.76. The van der Waals surface area contributed by atoms with Crippen LogP contribution in [-0.2, 0) is 11.2 Å². The van der Waals surface area contributed by atoms with E-state index in [1.807, 2.05) is 37.3 Å². The first-order chi connectivity index (χ1) is 12.0. The van der Waals surface area contributed by atoms with Crippen LogP contribution in [-0.4, -0.2) is 34.2 Å². The highest BCUT2D eigenvalue weighted by Crippen LogP contribution is 2.16. The minimum absolute atomic E-state index is 0.109. The van der Waals surface area contributed by atoms with Crippen LogP contribution in [0.5, 0.6) is 5.75 Å². The Kier molecular flexibility index (Phi) is 7.07. The number of hydrogen-bond acceptors (Lipinski definition) is 4. The molecule has 0 saturated heterocycles. The molecular formula is C19H24N2O4. The molecule has 0 spiro atoms. The van der Waals surface area contributed by atoms with Gasteiger partial charge in [0.1, 0.15) is 5.75 Å². The molecule has 0 radical (unpaired) electrons. The zero-order valence-corrected chi connectivity index (χ0v) is 14.3. The van der Waals surface area contributed by atoms with Gasteiger partial charge in [0.05, 0.1) is 6.61 Å². The molecule has 0 aliphatic heterocycles. The van der Waals surface area contributed by atoms with E-state index in [0.29, 0.717) is 18.6 Å². The summed E-state index contributed by atoms with van der Waals surface area (Å²) >= 11 is 0. The largest absolute Gasteiger partial charge is 0.494 e. The van der Waals surface area contributed by atoms with Gasteiger partial charge in [-0.3, -0.25) is 9.79 Å². The number of ether oxygens (including phenoxy) is 1. The molecule has 1 heterocycles. The highest BCUT2D eigenvalue weighted by Gasteiger charge is 2.08. The van der Waals surface area contributed by atoms with Gasteiger partial charge in [-0.1, -0.05) is 25.1 Å². The number of pyridine rings is 1. The molecule has 6 heteroatoms. The van der Waals surface area contributed by atoms with Gasteiger partial charge in [-0.25, -0.2) is 0 Å². The first-order valence-electron chi connectivity index (χ1n) is 8.35. The second kappa shape index (κ2) is 9.52. The third-order valence-electron chi connectivity index (χ3n) is 3.69. The van der Waals surface area contributed by atoms with Crippen LogP contribution in [0.15, 0.2) is 53.7 Å². The van der Waals surface area contributed by atoms with Gasteiger partial charge in [0.2, 0.25) is 0 Å².